The molecule has 2 bridgehead atoms. The molecule has 0 aliphatic carbocycles. The number of hydrogen-bond donors (Lipinski definition) is 1. The maximum Gasteiger partial charge on any atom is 0.417 e. The van der Waals surface area contributed by atoms with Crippen LogP contribution in [0, 0.1) is 0 Å². The predicted octanol–water partition coefficient (Wildman–Crippen LogP) is 2.27. The molecule has 2 heterocycles. The summed E-state index contributed by atoms with van der Waals surface area (Å²) in [6.07, 6.45) is -4.63. The van der Waals surface area contributed by atoms with Crippen molar-refractivity contribution in [3.05, 3.63) is 0 Å². The molecular weight excluding hydrogens is 247 g/mol. The fraction of sp³-hybridized carbons (Fsp3) is 0.889. The van der Waals surface area contributed by atoms with Gasteiger partial charge in [-0.2, -0.15) is 13.2 Å². The molecule has 0 saturated carbocycles. The molecule has 2 aliphatic heterocycles. The van der Waals surface area contributed by atoms with E-state index in [0.717, 1.165) is 0 Å². The third-order valence-electron chi connectivity index (χ3n) is 3.50. The Balaban J connectivity index is 2.22. The van der Waals surface area contributed by atoms with Crippen molar-refractivity contribution in [2.24, 2.45) is 0 Å². The maximum absolute atomic E-state index is 12.6. The zero-order valence-electron chi connectivity index (χ0n) is 8.30. The number of carbonyl (C=O) groups excluding carboxylic acids is 1. The lowest BCUT2D eigenvalue weighted by atomic mass is 9.86. The Kier molecular flexibility index (Phi) is 2.62. The highest BCUT2D eigenvalue weighted by Crippen LogP contribution is 2.48. The minimum absolute atomic E-state index is 0.467. The summed E-state index contributed by atoms with van der Waals surface area (Å²) in [6, 6.07) is -1.18. The van der Waals surface area contributed by atoms with Crippen molar-refractivity contribution in [1.82, 2.24) is 4.90 Å². The van der Waals surface area contributed by atoms with Crippen LogP contribution in [-0.2, 0) is 0 Å². The molecule has 2 saturated heterocycles. The summed E-state index contributed by atoms with van der Waals surface area (Å²) in [5.74, 6) is 0. The summed E-state index contributed by atoms with van der Waals surface area (Å²) in [5, 5.41) is 8.86. The highest BCUT2D eigenvalue weighted by Gasteiger charge is 2.61. The second-order valence-electron chi connectivity index (χ2n) is 4.48. The average molecular weight is 258 g/mol. The van der Waals surface area contributed by atoms with Gasteiger partial charge in [0.1, 0.15) is 0 Å². The number of piperidine rings is 1. The Morgan fingerprint density at radius 2 is 1.75 bits per heavy atom. The van der Waals surface area contributed by atoms with Crippen molar-refractivity contribution >= 4 is 17.0 Å². The zero-order valence-corrected chi connectivity index (χ0v) is 9.05. The first-order valence-electron chi connectivity index (χ1n) is 5.01. The Morgan fingerprint density at radius 3 is 2.06 bits per heavy atom. The van der Waals surface area contributed by atoms with E-state index < -0.39 is 42.1 Å². The predicted molar refractivity (Wildman–Crippen MR) is 50.1 cm³/mol. The number of amides is 1. The molecule has 1 amide bonds. The summed E-state index contributed by atoms with van der Waals surface area (Å²) in [4.78, 5) is 12.3. The molecule has 3 nitrogen and oxygen atoms in total. The van der Waals surface area contributed by atoms with Gasteiger partial charge in [0, 0.05) is 24.9 Å². The van der Waals surface area contributed by atoms with Crippen LogP contribution in [0.1, 0.15) is 25.7 Å². The van der Waals surface area contributed by atoms with Crippen LogP contribution in [0.25, 0.3) is 0 Å². The molecule has 2 rings (SSSR count). The number of halogens is 4. The van der Waals surface area contributed by atoms with Gasteiger partial charge in [-0.05, 0) is 24.4 Å². The summed E-state index contributed by atoms with van der Waals surface area (Å²) < 4.78 is 37.9. The number of alkyl halides is 3. The van der Waals surface area contributed by atoms with Gasteiger partial charge in [0.25, 0.3) is 0 Å². The minimum atomic E-state index is -4.64. The Bertz CT molecular complexity index is 306. The van der Waals surface area contributed by atoms with Crippen LogP contribution in [0.3, 0.4) is 0 Å². The van der Waals surface area contributed by atoms with Gasteiger partial charge >= 0.3 is 11.5 Å². The van der Waals surface area contributed by atoms with E-state index in [1.807, 2.05) is 0 Å². The van der Waals surface area contributed by atoms with Crippen LogP contribution in [-0.4, -0.2) is 39.2 Å². The number of hydrogen-bond acceptors (Lipinski definition) is 2. The largest absolute Gasteiger partial charge is 0.417 e. The standard InChI is InChI=1S/C9H11ClF3NO2/c10-7(15)14-5-1-2-6(14)4-8(16,3-5)9(11,12)13/h5-6,16H,1-4H2. The molecular formula is C9H11ClF3NO2. The first kappa shape index (κ1) is 12.0. The van der Waals surface area contributed by atoms with Crippen molar-refractivity contribution < 1.29 is 23.1 Å². The van der Waals surface area contributed by atoms with E-state index in [1.54, 1.807) is 0 Å². The van der Waals surface area contributed by atoms with Gasteiger partial charge in [0.2, 0.25) is 0 Å². The molecule has 2 atom stereocenters. The minimum Gasteiger partial charge on any atom is -0.380 e. The Morgan fingerprint density at radius 1 is 1.31 bits per heavy atom. The number of nitrogens with zero attached hydrogens (tertiary/aromatic N) is 1. The molecule has 2 aliphatic rings. The molecule has 16 heavy (non-hydrogen) atoms. The Labute approximate surface area is 95.2 Å². The van der Waals surface area contributed by atoms with E-state index >= 15 is 0 Å². The molecule has 0 aromatic carbocycles. The Hall–Kier alpha value is -0.490. The third-order valence-corrected chi connectivity index (χ3v) is 3.69. The van der Waals surface area contributed by atoms with Crippen LogP contribution in [0.15, 0.2) is 0 Å². The van der Waals surface area contributed by atoms with E-state index in [9.17, 15) is 23.1 Å². The molecule has 2 fully saturated rings. The summed E-state index contributed by atoms with van der Waals surface area (Å²) in [7, 11) is 0. The van der Waals surface area contributed by atoms with Crippen LogP contribution >= 0.6 is 11.6 Å². The quantitative estimate of drug-likeness (QED) is 0.534. The molecule has 1 N–H and O–H groups in total. The van der Waals surface area contributed by atoms with Crippen molar-refractivity contribution in [3.8, 4) is 0 Å². The number of fused-ring (bicyclic) bond motifs is 2. The molecule has 92 valence electrons. The van der Waals surface area contributed by atoms with E-state index in [-0.39, 0.29) is 0 Å². The summed E-state index contributed by atoms with van der Waals surface area (Å²) in [6.45, 7) is 0. The zero-order chi connectivity index (χ0) is 12.1. The maximum atomic E-state index is 12.6. The van der Waals surface area contributed by atoms with Gasteiger partial charge in [0.15, 0.2) is 5.60 Å². The topological polar surface area (TPSA) is 40.5 Å². The van der Waals surface area contributed by atoms with Gasteiger partial charge in [-0.25, -0.2) is 0 Å². The van der Waals surface area contributed by atoms with Crippen molar-refractivity contribution in [2.45, 2.75) is 49.5 Å². The van der Waals surface area contributed by atoms with Gasteiger partial charge in [-0.3, -0.25) is 4.79 Å². The smallest absolute Gasteiger partial charge is 0.380 e. The highest BCUT2D eigenvalue weighted by molar-refractivity contribution is 6.62. The fourth-order valence-corrected chi connectivity index (χ4v) is 3.02. The van der Waals surface area contributed by atoms with Crippen molar-refractivity contribution in [3.63, 3.8) is 0 Å². The monoisotopic (exact) mass is 257 g/mol. The molecule has 0 spiro atoms. The lowest BCUT2D eigenvalue weighted by Crippen LogP contribution is -2.58. The van der Waals surface area contributed by atoms with Crippen LogP contribution < -0.4 is 0 Å². The van der Waals surface area contributed by atoms with E-state index in [4.69, 9.17) is 11.6 Å². The first-order valence-corrected chi connectivity index (χ1v) is 5.39. The number of aliphatic hydroxyl groups is 1. The van der Waals surface area contributed by atoms with Crippen LogP contribution in [0.4, 0.5) is 18.0 Å². The average Bonchev–Trinajstić information content (AvgIpc) is 2.37. The lowest BCUT2D eigenvalue weighted by molar-refractivity contribution is -0.276. The molecule has 7 heteroatoms. The van der Waals surface area contributed by atoms with Crippen molar-refractivity contribution in [1.29, 1.82) is 0 Å². The summed E-state index contributed by atoms with van der Waals surface area (Å²) in [5.41, 5.74) is -2.67. The van der Waals surface area contributed by atoms with E-state index in [2.05, 4.69) is 0 Å². The molecule has 0 aromatic heterocycles. The third kappa shape index (κ3) is 1.68. The first-order chi connectivity index (χ1) is 7.24. The van der Waals surface area contributed by atoms with Gasteiger partial charge in [-0.1, -0.05) is 0 Å². The normalized spacial score (nSPS) is 38.9. The SMILES string of the molecule is O=C(Cl)N1C2CCC1CC(O)(C(F)(F)F)C2. The second kappa shape index (κ2) is 3.50. The second-order valence-corrected chi connectivity index (χ2v) is 4.81. The molecule has 0 aromatic rings. The fourth-order valence-electron chi connectivity index (χ4n) is 2.74. The lowest BCUT2D eigenvalue weighted by Gasteiger charge is -2.43. The van der Waals surface area contributed by atoms with E-state index in [1.165, 1.54) is 4.90 Å². The molecule has 2 unspecified atom stereocenters. The highest BCUT2D eigenvalue weighted by atomic mass is 35.5. The van der Waals surface area contributed by atoms with Gasteiger partial charge in [0.05, 0.1) is 0 Å². The number of carbonyl (C=O) groups is 1. The summed E-state index contributed by atoms with van der Waals surface area (Å²) >= 11 is 5.32. The van der Waals surface area contributed by atoms with Gasteiger partial charge in [-0.15, -0.1) is 0 Å². The number of rotatable bonds is 0. The van der Waals surface area contributed by atoms with Crippen LogP contribution in [0.2, 0.25) is 0 Å². The molecule has 0 radical (unpaired) electrons. The van der Waals surface area contributed by atoms with Crippen LogP contribution in [0.5, 0.6) is 0 Å². The van der Waals surface area contributed by atoms with Gasteiger partial charge < -0.3 is 10.0 Å². The van der Waals surface area contributed by atoms with E-state index in [0.29, 0.717) is 12.8 Å². The van der Waals surface area contributed by atoms with Crippen molar-refractivity contribution in [2.75, 3.05) is 0 Å².